The molecule has 4 rings (SSSR count). The highest BCUT2D eigenvalue weighted by atomic mass is 32.2. The van der Waals surface area contributed by atoms with Crippen LogP contribution in [0.15, 0.2) is 47.4 Å². The molecule has 2 atom stereocenters. The van der Waals surface area contributed by atoms with Gasteiger partial charge in [0.25, 0.3) is 0 Å². The highest BCUT2D eigenvalue weighted by Gasteiger charge is 2.40. The average Bonchev–Trinajstić information content (AvgIpc) is 2.88. The van der Waals surface area contributed by atoms with Crippen LogP contribution in [0.1, 0.15) is 62.2 Å². The predicted octanol–water partition coefficient (Wildman–Crippen LogP) is 4.08. The molecule has 39 heavy (non-hydrogen) atoms. The zero-order chi connectivity index (χ0) is 28.4. The van der Waals surface area contributed by atoms with E-state index in [2.05, 4.69) is 15.4 Å². The number of alkyl halides is 3. The highest BCUT2D eigenvalue weighted by Crippen LogP contribution is 2.33. The Hall–Kier alpha value is -3.19. The minimum absolute atomic E-state index is 0.121. The van der Waals surface area contributed by atoms with E-state index < -0.39 is 34.2 Å². The van der Waals surface area contributed by atoms with Crippen molar-refractivity contribution in [3.8, 4) is 0 Å². The van der Waals surface area contributed by atoms with E-state index in [0.717, 1.165) is 5.56 Å². The lowest BCUT2D eigenvalue weighted by atomic mass is 9.85. The van der Waals surface area contributed by atoms with E-state index in [1.807, 2.05) is 5.32 Å². The number of benzene rings is 2. The quantitative estimate of drug-likeness (QED) is 0.375. The second-order valence-electron chi connectivity index (χ2n) is 9.94. The first-order valence-corrected chi connectivity index (χ1v) is 14.2. The number of hydrogen-bond donors (Lipinski definition) is 4. The second kappa shape index (κ2) is 11.5. The summed E-state index contributed by atoms with van der Waals surface area (Å²) in [7, 11) is -4.01. The first-order valence-electron chi connectivity index (χ1n) is 12.7. The third-order valence-electron chi connectivity index (χ3n) is 7.17. The average molecular weight is 571 g/mol. The molecule has 2 amide bonds. The van der Waals surface area contributed by atoms with Crippen LogP contribution in [0.3, 0.4) is 0 Å². The van der Waals surface area contributed by atoms with Gasteiger partial charge in [-0.05, 0) is 80.5 Å². The molecule has 13 heteroatoms. The summed E-state index contributed by atoms with van der Waals surface area (Å²) in [6.45, 7) is 2.12. The molecule has 2 aromatic rings. The molecule has 1 aliphatic carbocycles. The molecule has 1 heterocycles. The predicted molar refractivity (Wildman–Crippen MR) is 136 cm³/mol. The monoisotopic (exact) mass is 570 g/mol. The van der Waals surface area contributed by atoms with E-state index in [1.54, 1.807) is 19.1 Å². The van der Waals surface area contributed by atoms with E-state index in [-0.39, 0.29) is 40.6 Å². The Balaban J connectivity index is 1.35. The number of amides is 2. The zero-order valence-electron chi connectivity index (χ0n) is 21.1. The number of carbonyl (C=O) groups excluding carboxylic acids is 2. The number of halogens is 4. The van der Waals surface area contributed by atoms with Crippen molar-refractivity contribution in [1.29, 1.82) is 0 Å². The highest BCUT2D eigenvalue weighted by molar-refractivity contribution is 7.89. The summed E-state index contributed by atoms with van der Waals surface area (Å²) in [5.41, 5.74) is 1.48. The van der Waals surface area contributed by atoms with Gasteiger partial charge in [-0.25, -0.2) is 17.5 Å². The molecule has 2 aromatic carbocycles. The molecule has 0 radical (unpaired) electrons. The Kier molecular flexibility index (Phi) is 8.50. The fraction of sp³-hybridized carbons (Fsp3) is 0.462. The number of nitrogens with one attached hydrogen (secondary N) is 4. The van der Waals surface area contributed by atoms with Crippen molar-refractivity contribution >= 4 is 27.5 Å². The molecular formula is C26H30F4N4O4S. The molecule has 1 unspecified atom stereocenters. The Morgan fingerprint density at radius 3 is 2.31 bits per heavy atom. The van der Waals surface area contributed by atoms with Gasteiger partial charge in [-0.1, -0.05) is 12.1 Å². The summed E-state index contributed by atoms with van der Waals surface area (Å²) in [6.07, 6.45) is -3.09. The largest absolute Gasteiger partial charge is 0.471 e. The molecule has 212 valence electrons. The lowest BCUT2D eigenvalue weighted by Crippen LogP contribution is -2.42. The Morgan fingerprint density at radius 2 is 1.67 bits per heavy atom. The van der Waals surface area contributed by atoms with Crippen LogP contribution in [0.5, 0.6) is 0 Å². The number of sulfonamides is 1. The van der Waals surface area contributed by atoms with Crippen molar-refractivity contribution in [2.45, 2.75) is 68.2 Å². The van der Waals surface area contributed by atoms with Gasteiger partial charge < -0.3 is 16.0 Å². The third-order valence-corrected chi connectivity index (χ3v) is 8.69. The van der Waals surface area contributed by atoms with Gasteiger partial charge in [-0.3, -0.25) is 9.59 Å². The van der Waals surface area contributed by atoms with Crippen molar-refractivity contribution in [1.82, 2.24) is 15.4 Å². The van der Waals surface area contributed by atoms with Crippen LogP contribution >= 0.6 is 0 Å². The van der Waals surface area contributed by atoms with Gasteiger partial charge in [-0.15, -0.1) is 0 Å². The number of carbonyl (C=O) groups is 2. The zero-order valence-corrected chi connectivity index (χ0v) is 22.0. The molecular weight excluding hydrogens is 540 g/mol. The maximum absolute atomic E-state index is 13.2. The molecule has 0 bridgehead atoms. The Labute approximate surface area is 224 Å². The smallest absolute Gasteiger partial charge is 0.385 e. The van der Waals surface area contributed by atoms with Gasteiger partial charge in [0.05, 0.1) is 17.0 Å². The fourth-order valence-electron chi connectivity index (χ4n) is 4.98. The summed E-state index contributed by atoms with van der Waals surface area (Å²) >= 11 is 0. The SMILES string of the molecule is C[C@@H](NC(=O)C1CCC(NS(=O)(=O)c2ccc3c(c2)C(NC(=O)C(F)(F)F)CCN3)CC1)c1ccc(F)cc1. The first kappa shape index (κ1) is 28.8. The molecule has 0 spiro atoms. The van der Waals surface area contributed by atoms with Gasteiger partial charge >= 0.3 is 12.1 Å². The molecule has 1 fully saturated rings. The van der Waals surface area contributed by atoms with Crippen molar-refractivity contribution in [3.63, 3.8) is 0 Å². The second-order valence-corrected chi connectivity index (χ2v) is 11.7. The van der Waals surface area contributed by atoms with Crippen LogP contribution in [0, 0.1) is 11.7 Å². The van der Waals surface area contributed by atoms with Crippen molar-refractivity contribution in [2.24, 2.45) is 5.92 Å². The summed E-state index contributed by atoms with van der Waals surface area (Å²) in [5, 5.41) is 7.87. The summed E-state index contributed by atoms with van der Waals surface area (Å²) < 4.78 is 80.3. The lowest BCUT2D eigenvalue weighted by molar-refractivity contribution is -0.174. The van der Waals surface area contributed by atoms with Crippen LogP contribution in [0.25, 0.3) is 0 Å². The van der Waals surface area contributed by atoms with Crippen molar-refractivity contribution < 1.29 is 35.6 Å². The van der Waals surface area contributed by atoms with E-state index in [9.17, 15) is 35.6 Å². The van der Waals surface area contributed by atoms with E-state index in [1.165, 1.54) is 30.3 Å². The number of hydrogen-bond acceptors (Lipinski definition) is 5. The van der Waals surface area contributed by atoms with E-state index in [4.69, 9.17) is 0 Å². The molecule has 1 saturated carbocycles. The van der Waals surface area contributed by atoms with Crippen molar-refractivity contribution in [3.05, 3.63) is 59.4 Å². The number of fused-ring (bicyclic) bond motifs is 1. The lowest BCUT2D eigenvalue weighted by Gasteiger charge is -2.30. The molecule has 8 nitrogen and oxygen atoms in total. The third kappa shape index (κ3) is 7.07. The van der Waals surface area contributed by atoms with Crippen molar-refractivity contribution in [2.75, 3.05) is 11.9 Å². The number of rotatable bonds is 7. The van der Waals surface area contributed by atoms with E-state index >= 15 is 0 Å². The van der Waals surface area contributed by atoms with Crippen LogP contribution < -0.4 is 20.7 Å². The van der Waals surface area contributed by atoms with Gasteiger partial charge in [-0.2, -0.15) is 13.2 Å². The van der Waals surface area contributed by atoms with Gasteiger partial charge in [0.15, 0.2) is 0 Å². The number of anilines is 1. The topological polar surface area (TPSA) is 116 Å². The van der Waals surface area contributed by atoms with Gasteiger partial charge in [0.2, 0.25) is 15.9 Å². The van der Waals surface area contributed by atoms with Crippen LogP contribution in [-0.2, 0) is 19.6 Å². The molecule has 0 saturated heterocycles. The van der Waals surface area contributed by atoms with Crippen LogP contribution in [0.2, 0.25) is 0 Å². The maximum atomic E-state index is 13.2. The van der Waals surface area contributed by atoms with Crippen LogP contribution in [-0.4, -0.2) is 39.0 Å². The maximum Gasteiger partial charge on any atom is 0.471 e. The molecule has 0 aromatic heterocycles. The molecule has 2 aliphatic rings. The van der Waals surface area contributed by atoms with Gasteiger partial charge in [0, 0.05) is 24.2 Å². The minimum atomic E-state index is -5.05. The summed E-state index contributed by atoms with van der Waals surface area (Å²) in [6, 6.07) is 8.26. The molecule has 4 N–H and O–H groups in total. The Bertz CT molecular complexity index is 1310. The first-order chi connectivity index (χ1) is 18.3. The summed E-state index contributed by atoms with van der Waals surface area (Å²) in [5.74, 6) is -2.89. The van der Waals surface area contributed by atoms with E-state index in [0.29, 0.717) is 37.9 Å². The standard InChI is InChI=1S/C26H30F4N4O4S/c1-15(16-2-6-18(27)7-3-16)32-24(35)17-4-8-19(9-5-17)34-39(37,38)20-10-11-22-21(14-20)23(12-13-31-22)33-25(36)26(28,29)30/h2-3,6-7,10-11,14-15,17,19,23,31,34H,4-5,8-9,12-13H2,1H3,(H,32,35)(H,33,36)/t15-,17?,19?,23?/m1/s1. The normalized spacial score (nSPS) is 22.2. The Morgan fingerprint density at radius 1 is 1.00 bits per heavy atom. The van der Waals surface area contributed by atoms with Crippen LogP contribution in [0.4, 0.5) is 23.2 Å². The fourth-order valence-corrected chi connectivity index (χ4v) is 6.32. The van der Waals surface area contributed by atoms with Gasteiger partial charge in [0.1, 0.15) is 5.82 Å². The summed E-state index contributed by atoms with van der Waals surface area (Å²) in [4.78, 5) is 24.1. The molecule has 1 aliphatic heterocycles. The minimum Gasteiger partial charge on any atom is -0.385 e.